The van der Waals surface area contributed by atoms with Gasteiger partial charge >= 0.3 is 0 Å². The minimum atomic E-state index is -4.22. The molecule has 10 heteroatoms. The van der Waals surface area contributed by atoms with Gasteiger partial charge in [0, 0.05) is 24.0 Å². The van der Waals surface area contributed by atoms with Crippen molar-refractivity contribution in [3.8, 4) is 5.75 Å². The van der Waals surface area contributed by atoms with Crippen LogP contribution >= 0.6 is 11.6 Å². The lowest BCUT2D eigenvalue weighted by molar-refractivity contribution is -0.140. The van der Waals surface area contributed by atoms with Gasteiger partial charge in [-0.3, -0.25) is 13.9 Å². The van der Waals surface area contributed by atoms with E-state index >= 15 is 0 Å². The summed E-state index contributed by atoms with van der Waals surface area (Å²) >= 11 is 6.33. The van der Waals surface area contributed by atoms with Crippen molar-refractivity contribution in [3.05, 3.63) is 125 Å². The van der Waals surface area contributed by atoms with Crippen LogP contribution in [0.5, 0.6) is 5.75 Å². The smallest absolute Gasteiger partial charge is 0.264 e. The van der Waals surface area contributed by atoms with Crippen molar-refractivity contribution < 1.29 is 22.7 Å². The fourth-order valence-corrected chi connectivity index (χ4v) is 7.65. The Kier molecular flexibility index (Phi) is 11.8. The normalized spacial score (nSPS) is 14.1. The number of rotatable bonds is 13. The molecule has 0 spiro atoms. The van der Waals surface area contributed by atoms with E-state index in [1.807, 2.05) is 61.5 Å². The summed E-state index contributed by atoms with van der Waals surface area (Å²) in [7, 11) is -2.65. The number of carbonyl (C=O) groups is 2. The van der Waals surface area contributed by atoms with Crippen LogP contribution in [0.2, 0.25) is 5.02 Å². The fraction of sp³-hybridized carbons (Fsp3) is 0.316. The lowest BCUT2D eigenvalue weighted by Gasteiger charge is -2.35. The van der Waals surface area contributed by atoms with E-state index in [4.69, 9.17) is 16.3 Å². The highest BCUT2D eigenvalue weighted by atomic mass is 35.5. The third-order valence-electron chi connectivity index (χ3n) is 8.69. The minimum Gasteiger partial charge on any atom is -0.497 e. The van der Waals surface area contributed by atoms with E-state index in [1.54, 1.807) is 37.4 Å². The Labute approximate surface area is 288 Å². The molecule has 4 aromatic rings. The van der Waals surface area contributed by atoms with Crippen molar-refractivity contribution in [1.29, 1.82) is 0 Å². The van der Waals surface area contributed by atoms with Gasteiger partial charge in [0.05, 0.1) is 17.7 Å². The van der Waals surface area contributed by atoms with Crippen LogP contribution in [0.3, 0.4) is 0 Å². The van der Waals surface area contributed by atoms with Crippen molar-refractivity contribution >= 4 is 39.1 Å². The largest absolute Gasteiger partial charge is 0.497 e. The van der Waals surface area contributed by atoms with Crippen molar-refractivity contribution in [2.45, 2.75) is 69.0 Å². The van der Waals surface area contributed by atoms with Crippen LogP contribution in [0.4, 0.5) is 5.69 Å². The predicted octanol–water partition coefficient (Wildman–Crippen LogP) is 6.94. The maximum absolute atomic E-state index is 14.7. The number of benzene rings is 4. The second-order valence-corrected chi connectivity index (χ2v) is 14.5. The van der Waals surface area contributed by atoms with Crippen LogP contribution in [0.15, 0.2) is 108 Å². The molecule has 1 N–H and O–H groups in total. The van der Waals surface area contributed by atoms with Crippen LogP contribution in [0.25, 0.3) is 0 Å². The van der Waals surface area contributed by atoms with Gasteiger partial charge in [0.2, 0.25) is 11.8 Å². The fourth-order valence-electron chi connectivity index (χ4n) is 6.06. The van der Waals surface area contributed by atoms with Gasteiger partial charge in [0.15, 0.2) is 0 Å². The second-order valence-electron chi connectivity index (χ2n) is 12.2. The standard InChI is InChI=1S/C38H42ClN3O5S/c1-28-19-21-35(22-20-28)48(45,46)42(33-17-10-14-31(39)25-33)27-37(43)41(26-30-13-9-18-34(23-30)47-2)36(24-29-11-5-3-6-12-29)38(44)40-32-15-7-4-8-16-32/h3,5-6,9-14,17-23,25,32,36H,4,7-8,15-16,24,26-27H2,1-2H3,(H,40,44). The Morgan fingerprint density at radius 1 is 0.875 bits per heavy atom. The first kappa shape index (κ1) is 35.0. The lowest BCUT2D eigenvalue weighted by Crippen LogP contribution is -2.55. The van der Waals surface area contributed by atoms with Crippen LogP contribution in [0.1, 0.15) is 48.8 Å². The molecule has 5 rings (SSSR count). The molecule has 1 aliphatic rings. The zero-order chi connectivity index (χ0) is 34.1. The summed E-state index contributed by atoms with van der Waals surface area (Å²) in [6, 6.07) is 28.8. The number of ether oxygens (including phenoxy) is 1. The average Bonchev–Trinajstić information content (AvgIpc) is 3.09. The summed E-state index contributed by atoms with van der Waals surface area (Å²) in [5, 5.41) is 3.56. The third-order valence-corrected chi connectivity index (χ3v) is 10.7. The zero-order valence-corrected chi connectivity index (χ0v) is 28.9. The molecule has 1 fully saturated rings. The van der Waals surface area contributed by atoms with Crippen LogP contribution in [-0.4, -0.2) is 50.9 Å². The number of nitrogens with one attached hydrogen (secondary N) is 1. The van der Waals surface area contributed by atoms with E-state index in [9.17, 15) is 18.0 Å². The van der Waals surface area contributed by atoms with Gasteiger partial charge in [-0.25, -0.2) is 8.42 Å². The summed E-state index contributed by atoms with van der Waals surface area (Å²) in [6.07, 6.45) is 5.21. The Balaban J connectivity index is 1.57. The molecule has 8 nitrogen and oxygen atoms in total. The number of methoxy groups -OCH3 is 1. The number of hydrogen-bond acceptors (Lipinski definition) is 5. The number of nitrogens with zero attached hydrogens (tertiary/aromatic N) is 2. The molecule has 0 radical (unpaired) electrons. The zero-order valence-electron chi connectivity index (χ0n) is 27.3. The molecule has 0 aromatic heterocycles. The maximum Gasteiger partial charge on any atom is 0.264 e. The number of anilines is 1. The molecule has 1 unspecified atom stereocenters. The second kappa shape index (κ2) is 16.2. The van der Waals surface area contributed by atoms with Gasteiger partial charge in [-0.2, -0.15) is 0 Å². The highest BCUT2D eigenvalue weighted by Gasteiger charge is 2.35. The van der Waals surface area contributed by atoms with Crippen molar-refractivity contribution in [3.63, 3.8) is 0 Å². The monoisotopic (exact) mass is 687 g/mol. The summed E-state index contributed by atoms with van der Waals surface area (Å²) in [5.74, 6) is -0.195. The first-order valence-electron chi connectivity index (χ1n) is 16.3. The van der Waals surface area contributed by atoms with Gasteiger partial charge in [-0.05, 0) is 73.4 Å². The van der Waals surface area contributed by atoms with Crippen molar-refractivity contribution in [1.82, 2.24) is 10.2 Å². The number of halogens is 1. The molecular weight excluding hydrogens is 646 g/mol. The predicted molar refractivity (Wildman–Crippen MR) is 190 cm³/mol. The van der Waals surface area contributed by atoms with Gasteiger partial charge in [-0.1, -0.05) is 97.1 Å². The van der Waals surface area contributed by atoms with Gasteiger partial charge in [0.1, 0.15) is 18.3 Å². The highest BCUT2D eigenvalue weighted by molar-refractivity contribution is 7.92. The van der Waals surface area contributed by atoms with Gasteiger partial charge < -0.3 is 15.0 Å². The average molecular weight is 688 g/mol. The maximum atomic E-state index is 14.7. The van der Waals surface area contributed by atoms with Crippen LogP contribution in [0, 0.1) is 6.92 Å². The quantitative estimate of drug-likeness (QED) is 0.164. The molecule has 0 bridgehead atoms. The van der Waals surface area contributed by atoms with E-state index in [-0.39, 0.29) is 35.5 Å². The Bertz CT molecular complexity index is 1790. The Hall–Kier alpha value is -4.34. The summed E-state index contributed by atoms with van der Waals surface area (Å²) in [5.41, 5.74) is 2.76. The number of hydrogen-bond donors (Lipinski definition) is 1. The first-order chi connectivity index (χ1) is 23.1. The Morgan fingerprint density at radius 3 is 2.25 bits per heavy atom. The van der Waals surface area contributed by atoms with E-state index in [2.05, 4.69) is 5.32 Å². The molecule has 252 valence electrons. The molecule has 0 heterocycles. The lowest BCUT2D eigenvalue weighted by atomic mass is 9.94. The first-order valence-corrected chi connectivity index (χ1v) is 18.1. The van der Waals surface area contributed by atoms with Crippen molar-refractivity contribution in [2.75, 3.05) is 18.0 Å². The molecule has 1 aliphatic carbocycles. The molecule has 48 heavy (non-hydrogen) atoms. The van der Waals surface area contributed by atoms with Gasteiger partial charge in [0.25, 0.3) is 10.0 Å². The highest BCUT2D eigenvalue weighted by Crippen LogP contribution is 2.28. The molecule has 0 saturated heterocycles. The summed E-state index contributed by atoms with van der Waals surface area (Å²) in [6.45, 7) is 1.37. The number of carbonyl (C=O) groups excluding carboxylic acids is 2. The summed E-state index contributed by atoms with van der Waals surface area (Å²) in [4.78, 5) is 30.5. The number of sulfonamides is 1. The van der Waals surface area contributed by atoms with E-state index in [0.29, 0.717) is 10.8 Å². The molecule has 0 aliphatic heterocycles. The SMILES string of the molecule is COc1cccc(CN(C(=O)CN(c2cccc(Cl)c2)S(=O)(=O)c2ccc(C)cc2)C(Cc2ccccc2)C(=O)NC2CCCCC2)c1. The molecule has 4 aromatic carbocycles. The number of aryl methyl sites for hydroxylation is 1. The van der Waals surface area contributed by atoms with Crippen LogP contribution in [-0.2, 0) is 32.6 Å². The van der Waals surface area contributed by atoms with Gasteiger partial charge in [-0.15, -0.1) is 0 Å². The van der Waals surface area contributed by atoms with E-state index < -0.39 is 28.5 Å². The Morgan fingerprint density at radius 2 is 1.56 bits per heavy atom. The van der Waals surface area contributed by atoms with Crippen molar-refractivity contribution in [2.24, 2.45) is 0 Å². The topological polar surface area (TPSA) is 96.0 Å². The minimum absolute atomic E-state index is 0.0168. The molecule has 1 saturated carbocycles. The third kappa shape index (κ3) is 8.96. The van der Waals surface area contributed by atoms with Crippen LogP contribution < -0.4 is 14.4 Å². The molecule has 2 amide bonds. The van der Waals surface area contributed by atoms with E-state index in [0.717, 1.165) is 53.1 Å². The molecular formula is C38H42ClN3O5S. The molecule has 1 atom stereocenters. The number of amides is 2. The van der Waals surface area contributed by atoms with E-state index in [1.165, 1.54) is 23.1 Å². The summed E-state index contributed by atoms with van der Waals surface area (Å²) < 4.78 is 35.0.